The van der Waals surface area contributed by atoms with Crippen LogP contribution in [0.25, 0.3) is 16.5 Å². The first kappa shape index (κ1) is 21.8. The molecule has 4 rings (SSSR count). The van der Waals surface area contributed by atoms with Crippen LogP contribution in [0.2, 0.25) is 0 Å². The molecule has 0 spiro atoms. The van der Waals surface area contributed by atoms with E-state index in [9.17, 15) is 25.9 Å². The van der Waals surface area contributed by atoms with Crippen molar-refractivity contribution >= 4 is 48.1 Å². The van der Waals surface area contributed by atoms with Crippen LogP contribution in [0.1, 0.15) is 11.1 Å². The van der Waals surface area contributed by atoms with Crippen LogP contribution >= 0.6 is 0 Å². The number of nitrogens with zero attached hydrogens (tertiary/aromatic N) is 2. The van der Waals surface area contributed by atoms with Crippen molar-refractivity contribution in [1.82, 2.24) is 0 Å². The van der Waals surface area contributed by atoms with Gasteiger partial charge in [0, 0.05) is 28.4 Å². The van der Waals surface area contributed by atoms with Gasteiger partial charge in [0.15, 0.2) is 0 Å². The molecule has 11 heteroatoms. The van der Waals surface area contributed by atoms with E-state index in [1.165, 1.54) is 30.4 Å². The average molecular weight is 472 g/mol. The smallest absolute Gasteiger partial charge is 0.294 e. The van der Waals surface area contributed by atoms with Gasteiger partial charge in [-0.3, -0.25) is 9.11 Å². The zero-order chi connectivity index (χ0) is 23.1. The molecule has 9 nitrogen and oxygen atoms in total. The number of hydrogen-bond acceptors (Lipinski definition) is 7. The molecular formula is C21H17N3O6S2. The van der Waals surface area contributed by atoms with E-state index in [-0.39, 0.29) is 16.2 Å². The molecule has 0 fully saturated rings. The highest BCUT2D eigenvalue weighted by Crippen LogP contribution is 2.34. The summed E-state index contributed by atoms with van der Waals surface area (Å²) in [6.45, 7) is 0. The standard InChI is InChI=1S/C21H17N3O6S2/c22-19-8-10-21(18-12-15(32(28,29)30)5-7-17(18)19)24-23-20-9-6-14(31(25,26)27)11-13-3-1-2-4-16(13)20/h1-10,12H,11,22H2,(H,25,26,27)(H,28,29,30). The molecule has 3 aromatic rings. The SMILES string of the molecule is Nc1ccc(N=NC2=CC=C(S(=O)(=O)O)Cc3ccccc32)c2cc(S(=O)(=O)O)ccc12. The molecule has 0 amide bonds. The highest BCUT2D eigenvalue weighted by molar-refractivity contribution is 7.89. The van der Waals surface area contributed by atoms with Gasteiger partial charge in [0.2, 0.25) is 0 Å². The molecule has 0 aliphatic heterocycles. The van der Waals surface area contributed by atoms with Gasteiger partial charge in [-0.1, -0.05) is 30.3 Å². The number of fused-ring (bicyclic) bond motifs is 2. The summed E-state index contributed by atoms with van der Waals surface area (Å²) in [4.78, 5) is -0.488. The highest BCUT2D eigenvalue weighted by atomic mass is 32.2. The van der Waals surface area contributed by atoms with Crippen molar-refractivity contribution < 1.29 is 25.9 Å². The van der Waals surface area contributed by atoms with Gasteiger partial charge in [-0.25, -0.2) is 0 Å². The van der Waals surface area contributed by atoms with Crippen LogP contribution in [-0.2, 0) is 26.7 Å². The van der Waals surface area contributed by atoms with Gasteiger partial charge in [-0.2, -0.15) is 16.8 Å². The molecule has 0 aromatic heterocycles. The number of azo groups is 1. The number of anilines is 1. The van der Waals surface area contributed by atoms with Crippen LogP contribution in [-0.4, -0.2) is 25.9 Å². The molecule has 0 heterocycles. The summed E-state index contributed by atoms with van der Waals surface area (Å²) in [5.74, 6) is 0. The molecular weight excluding hydrogens is 454 g/mol. The molecule has 32 heavy (non-hydrogen) atoms. The van der Waals surface area contributed by atoms with Crippen LogP contribution < -0.4 is 5.73 Å². The van der Waals surface area contributed by atoms with E-state index < -0.39 is 20.2 Å². The minimum Gasteiger partial charge on any atom is -0.398 e. The normalized spacial score (nSPS) is 14.7. The fourth-order valence-corrected chi connectivity index (χ4v) is 4.47. The fourth-order valence-electron chi connectivity index (χ4n) is 3.39. The minimum absolute atomic E-state index is 0.00690. The monoisotopic (exact) mass is 471 g/mol. The predicted molar refractivity (Wildman–Crippen MR) is 120 cm³/mol. The van der Waals surface area contributed by atoms with Crippen LogP contribution in [0.5, 0.6) is 0 Å². The Labute approximate surface area is 184 Å². The second-order valence-corrected chi connectivity index (χ2v) is 9.95. The molecule has 164 valence electrons. The molecule has 4 N–H and O–H groups in total. The predicted octanol–water partition coefficient (Wildman–Crippen LogP) is 4.12. The van der Waals surface area contributed by atoms with Crippen LogP contribution in [0.3, 0.4) is 0 Å². The summed E-state index contributed by atoms with van der Waals surface area (Å²) >= 11 is 0. The van der Waals surface area contributed by atoms with Crippen molar-refractivity contribution in [3.05, 3.63) is 82.8 Å². The van der Waals surface area contributed by atoms with Gasteiger partial charge >= 0.3 is 0 Å². The Bertz CT molecular complexity index is 1560. The number of nitrogen functional groups attached to an aromatic ring is 1. The summed E-state index contributed by atoms with van der Waals surface area (Å²) in [5.41, 5.74) is 8.27. The molecule has 0 saturated carbocycles. The van der Waals surface area contributed by atoms with Crippen molar-refractivity contribution in [2.75, 3.05) is 5.73 Å². The lowest BCUT2D eigenvalue weighted by molar-refractivity contribution is 0.482. The van der Waals surface area contributed by atoms with E-state index in [1.54, 1.807) is 36.4 Å². The Hall–Kier alpha value is -3.38. The summed E-state index contributed by atoms with van der Waals surface area (Å²) < 4.78 is 65.2. The Morgan fingerprint density at radius 2 is 1.56 bits per heavy atom. The van der Waals surface area contributed by atoms with E-state index in [0.717, 1.165) is 0 Å². The molecule has 0 bridgehead atoms. The van der Waals surface area contributed by atoms with Gasteiger partial charge < -0.3 is 5.73 Å². The van der Waals surface area contributed by atoms with E-state index >= 15 is 0 Å². The van der Waals surface area contributed by atoms with Gasteiger partial charge in [0.25, 0.3) is 20.2 Å². The molecule has 1 aliphatic rings. The van der Waals surface area contributed by atoms with Gasteiger partial charge in [-0.05, 0) is 42.0 Å². The zero-order valence-corrected chi connectivity index (χ0v) is 18.0. The number of allylic oxidation sites excluding steroid dienone is 3. The van der Waals surface area contributed by atoms with E-state index in [2.05, 4.69) is 10.2 Å². The second kappa shape index (κ2) is 7.95. The third-order valence-electron chi connectivity index (χ3n) is 4.98. The molecule has 0 saturated heterocycles. The van der Waals surface area contributed by atoms with Crippen molar-refractivity contribution in [1.29, 1.82) is 0 Å². The summed E-state index contributed by atoms with van der Waals surface area (Å²) in [5, 5.41) is 9.38. The maximum absolute atomic E-state index is 11.6. The topological polar surface area (TPSA) is 159 Å². The van der Waals surface area contributed by atoms with Gasteiger partial charge in [-0.15, -0.1) is 10.2 Å². The van der Waals surface area contributed by atoms with Gasteiger partial charge in [0.1, 0.15) is 0 Å². The van der Waals surface area contributed by atoms with Crippen molar-refractivity contribution in [2.24, 2.45) is 10.2 Å². The van der Waals surface area contributed by atoms with Crippen molar-refractivity contribution in [3.63, 3.8) is 0 Å². The van der Waals surface area contributed by atoms with E-state index in [4.69, 9.17) is 5.73 Å². The van der Waals surface area contributed by atoms with Gasteiger partial charge in [0.05, 0.1) is 21.2 Å². The number of benzene rings is 3. The molecule has 0 radical (unpaired) electrons. The quantitative estimate of drug-likeness (QED) is 0.293. The molecule has 0 atom stereocenters. The zero-order valence-electron chi connectivity index (χ0n) is 16.4. The minimum atomic E-state index is -4.44. The van der Waals surface area contributed by atoms with E-state index in [1.807, 2.05) is 0 Å². The lowest BCUT2D eigenvalue weighted by atomic mass is 10.0. The first-order chi connectivity index (χ1) is 15.0. The Kier molecular flexibility index (Phi) is 5.42. The Balaban J connectivity index is 1.86. The van der Waals surface area contributed by atoms with Crippen LogP contribution in [0.15, 0.2) is 86.8 Å². The molecule has 3 aromatic carbocycles. The summed E-state index contributed by atoms with van der Waals surface area (Å²) in [6, 6.07) is 14.1. The lowest BCUT2D eigenvalue weighted by Crippen LogP contribution is -2.04. The summed E-state index contributed by atoms with van der Waals surface area (Å²) in [6.07, 6.45) is 2.69. The van der Waals surface area contributed by atoms with Crippen LogP contribution in [0.4, 0.5) is 11.4 Å². The fraction of sp³-hybridized carbons (Fsp3) is 0.0476. The maximum Gasteiger partial charge on any atom is 0.294 e. The Morgan fingerprint density at radius 1 is 0.812 bits per heavy atom. The third kappa shape index (κ3) is 4.32. The van der Waals surface area contributed by atoms with Crippen LogP contribution in [0, 0.1) is 0 Å². The summed E-state index contributed by atoms with van der Waals surface area (Å²) in [7, 11) is -8.82. The lowest BCUT2D eigenvalue weighted by Gasteiger charge is -2.08. The maximum atomic E-state index is 11.6. The third-order valence-corrected chi connectivity index (χ3v) is 6.77. The number of hydrogen-bond donors (Lipinski definition) is 3. The first-order valence-electron chi connectivity index (χ1n) is 9.22. The van der Waals surface area contributed by atoms with E-state index in [0.29, 0.717) is 39.0 Å². The number of nitrogens with two attached hydrogens (primary N) is 1. The average Bonchev–Trinajstić information content (AvgIpc) is 2.92. The molecule has 1 aliphatic carbocycles. The number of rotatable bonds is 4. The second-order valence-electron chi connectivity index (χ2n) is 7.05. The first-order valence-corrected chi connectivity index (χ1v) is 12.1. The Morgan fingerprint density at radius 3 is 2.28 bits per heavy atom. The van der Waals surface area contributed by atoms with Crippen molar-refractivity contribution in [2.45, 2.75) is 11.3 Å². The highest BCUT2D eigenvalue weighted by Gasteiger charge is 2.20. The largest absolute Gasteiger partial charge is 0.398 e. The molecule has 0 unspecified atom stereocenters. The van der Waals surface area contributed by atoms with Crippen molar-refractivity contribution in [3.8, 4) is 0 Å².